The van der Waals surface area contributed by atoms with Crippen LogP contribution in [0.25, 0.3) is 10.9 Å². The fraction of sp³-hybridized carbons (Fsp3) is 0.0909. The number of nitrogens with zero attached hydrogens (tertiary/aromatic N) is 1. The summed E-state index contributed by atoms with van der Waals surface area (Å²) in [6.07, 6.45) is 1.72. The van der Waals surface area contributed by atoms with Crippen molar-refractivity contribution in [3.63, 3.8) is 0 Å². The van der Waals surface area contributed by atoms with Gasteiger partial charge in [0.15, 0.2) is 0 Å². The van der Waals surface area contributed by atoms with Crippen molar-refractivity contribution in [1.29, 1.82) is 0 Å². The zero-order valence-electron chi connectivity index (χ0n) is 8.12. The van der Waals surface area contributed by atoms with Crippen molar-refractivity contribution >= 4 is 32.7 Å². The van der Waals surface area contributed by atoms with E-state index in [0.29, 0.717) is 5.56 Å². The number of hydrogen-bond acceptors (Lipinski definition) is 2. The van der Waals surface area contributed by atoms with Crippen molar-refractivity contribution in [2.75, 3.05) is 7.05 Å². The SMILES string of the molecule is CNC(=O)c1cccc2ncc(Br)cc12. The van der Waals surface area contributed by atoms with Gasteiger partial charge in [0.1, 0.15) is 0 Å². The lowest BCUT2D eigenvalue weighted by Crippen LogP contribution is -2.18. The summed E-state index contributed by atoms with van der Waals surface area (Å²) in [4.78, 5) is 15.8. The van der Waals surface area contributed by atoms with Gasteiger partial charge in [0.2, 0.25) is 0 Å². The number of hydrogen-bond donors (Lipinski definition) is 1. The zero-order chi connectivity index (χ0) is 10.8. The molecule has 1 N–H and O–H groups in total. The van der Waals surface area contributed by atoms with Crippen molar-refractivity contribution in [3.8, 4) is 0 Å². The minimum atomic E-state index is -0.0968. The van der Waals surface area contributed by atoms with Gasteiger partial charge in [0.05, 0.1) is 5.52 Å². The van der Waals surface area contributed by atoms with Gasteiger partial charge in [-0.2, -0.15) is 0 Å². The van der Waals surface area contributed by atoms with E-state index in [-0.39, 0.29) is 5.91 Å². The molecule has 1 amide bonds. The minimum absolute atomic E-state index is 0.0968. The zero-order valence-corrected chi connectivity index (χ0v) is 9.71. The highest BCUT2D eigenvalue weighted by Gasteiger charge is 2.08. The molecular formula is C11H9BrN2O. The molecular weight excluding hydrogens is 256 g/mol. The van der Waals surface area contributed by atoms with Gasteiger partial charge in [0.25, 0.3) is 5.91 Å². The molecule has 0 saturated heterocycles. The van der Waals surface area contributed by atoms with Crippen molar-refractivity contribution in [3.05, 3.63) is 40.5 Å². The third-order valence-electron chi connectivity index (χ3n) is 2.16. The highest BCUT2D eigenvalue weighted by Crippen LogP contribution is 2.20. The Morgan fingerprint density at radius 1 is 1.47 bits per heavy atom. The number of carbonyl (C=O) groups is 1. The largest absolute Gasteiger partial charge is 0.355 e. The van der Waals surface area contributed by atoms with E-state index in [1.165, 1.54) is 0 Å². The first-order chi connectivity index (χ1) is 7.22. The molecule has 0 saturated carbocycles. The third kappa shape index (κ3) is 1.85. The molecule has 3 nitrogen and oxygen atoms in total. The Morgan fingerprint density at radius 2 is 2.27 bits per heavy atom. The summed E-state index contributed by atoms with van der Waals surface area (Å²) in [6.45, 7) is 0. The quantitative estimate of drug-likeness (QED) is 0.860. The molecule has 4 heteroatoms. The first-order valence-electron chi connectivity index (χ1n) is 4.48. The number of amides is 1. The maximum Gasteiger partial charge on any atom is 0.251 e. The minimum Gasteiger partial charge on any atom is -0.355 e. The van der Waals surface area contributed by atoms with Crippen LogP contribution in [-0.4, -0.2) is 17.9 Å². The van der Waals surface area contributed by atoms with E-state index >= 15 is 0 Å². The standard InChI is InChI=1S/C11H9BrN2O/c1-13-11(15)8-3-2-4-10-9(8)5-7(12)6-14-10/h2-6H,1H3,(H,13,15). The van der Waals surface area contributed by atoms with E-state index in [4.69, 9.17) is 0 Å². The molecule has 0 fully saturated rings. The molecule has 0 aliphatic carbocycles. The molecule has 1 aromatic heterocycles. The van der Waals surface area contributed by atoms with Crippen LogP contribution < -0.4 is 5.32 Å². The first-order valence-corrected chi connectivity index (χ1v) is 5.28. The van der Waals surface area contributed by atoms with Crippen LogP contribution in [0.1, 0.15) is 10.4 Å². The van der Waals surface area contributed by atoms with Gasteiger partial charge in [-0.3, -0.25) is 9.78 Å². The summed E-state index contributed by atoms with van der Waals surface area (Å²) in [5.41, 5.74) is 1.46. The molecule has 0 radical (unpaired) electrons. The lowest BCUT2D eigenvalue weighted by Gasteiger charge is -2.04. The summed E-state index contributed by atoms with van der Waals surface area (Å²) in [7, 11) is 1.62. The van der Waals surface area contributed by atoms with Gasteiger partial charge in [-0.05, 0) is 34.1 Å². The summed E-state index contributed by atoms with van der Waals surface area (Å²) in [5.74, 6) is -0.0968. The summed E-state index contributed by atoms with van der Waals surface area (Å²) < 4.78 is 0.867. The molecule has 2 rings (SSSR count). The van der Waals surface area contributed by atoms with Crippen LogP contribution in [0.15, 0.2) is 34.9 Å². The van der Waals surface area contributed by atoms with Gasteiger partial charge >= 0.3 is 0 Å². The lowest BCUT2D eigenvalue weighted by molar-refractivity contribution is 0.0964. The van der Waals surface area contributed by atoms with Crippen LogP contribution in [0, 0.1) is 0 Å². The molecule has 0 bridgehead atoms. The van der Waals surface area contributed by atoms with Crippen molar-refractivity contribution in [2.24, 2.45) is 0 Å². The number of carbonyl (C=O) groups excluding carboxylic acids is 1. The van der Waals surface area contributed by atoms with Crippen LogP contribution in [-0.2, 0) is 0 Å². The van der Waals surface area contributed by atoms with E-state index in [1.54, 1.807) is 19.3 Å². The van der Waals surface area contributed by atoms with E-state index in [1.807, 2.05) is 18.2 Å². The Hall–Kier alpha value is -1.42. The normalized spacial score (nSPS) is 10.3. The van der Waals surface area contributed by atoms with E-state index in [2.05, 4.69) is 26.2 Å². The second kappa shape index (κ2) is 3.98. The molecule has 15 heavy (non-hydrogen) atoms. The molecule has 0 aliphatic rings. The fourth-order valence-corrected chi connectivity index (χ4v) is 1.79. The molecule has 0 unspecified atom stereocenters. The Morgan fingerprint density at radius 3 is 3.00 bits per heavy atom. The van der Waals surface area contributed by atoms with Crippen molar-refractivity contribution < 1.29 is 4.79 Å². The van der Waals surface area contributed by atoms with Crippen LogP contribution in [0.2, 0.25) is 0 Å². The third-order valence-corrected chi connectivity index (χ3v) is 2.60. The topological polar surface area (TPSA) is 42.0 Å². The number of aromatic nitrogens is 1. The van der Waals surface area contributed by atoms with E-state index in [0.717, 1.165) is 15.4 Å². The Balaban J connectivity index is 2.74. The van der Waals surface area contributed by atoms with Crippen LogP contribution >= 0.6 is 15.9 Å². The van der Waals surface area contributed by atoms with Crippen LogP contribution in [0.3, 0.4) is 0 Å². The number of pyridine rings is 1. The summed E-state index contributed by atoms with van der Waals surface area (Å²) in [5, 5.41) is 3.46. The molecule has 76 valence electrons. The maximum absolute atomic E-state index is 11.6. The average molecular weight is 265 g/mol. The summed E-state index contributed by atoms with van der Waals surface area (Å²) in [6, 6.07) is 7.39. The highest BCUT2D eigenvalue weighted by atomic mass is 79.9. The second-order valence-corrected chi connectivity index (χ2v) is 4.02. The average Bonchev–Trinajstić information content (AvgIpc) is 2.27. The van der Waals surface area contributed by atoms with Crippen molar-refractivity contribution in [1.82, 2.24) is 10.3 Å². The highest BCUT2D eigenvalue weighted by molar-refractivity contribution is 9.10. The van der Waals surface area contributed by atoms with Gasteiger partial charge in [-0.15, -0.1) is 0 Å². The predicted molar refractivity (Wildman–Crippen MR) is 62.8 cm³/mol. The van der Waals surface area contributed by atoms with E-state index in [9.17, 15) is 4.79 Å². The van der Waals surface area contributed by atoms with Crippen LogP contribution in [0.4, 0.5) is 0 Å². The second-order valence-electron chi connectivity index (χ2n) is 3.10. The summed E-state index contributed by atoms with van der Waals surface area (Å²) >= 11 is 3.34. The van der Waals surface area contributed by atoms with Gasteiger partial charge < -0.3 is 5.32 Å². The van der Waals surface area contributed by atoms with Crippen LogP contribution in [0.5, 0.6) is 0 Å². The number of nitrogens with one attached hydrogen (secondary N) is 1. The van der Waals surface area contributed by atoms with E-state index < -0.39 is 0 Å². The Labute approximate surface area is 95.6 Å². The number of benzene rings is 1. The van der Waals surface area contributed by atoms with Crippen molar-refractivity contribution in [2.45, 2.75) is 0 Å². The van der Waals surface area contributed by atoms with Gasteiger partial charge in [0, 0.05) is 28.7 Å². The fourth-order valence-electron chi connectivity index (χ4n) is 1.46. The maximum atomic E-state index is 11.6. The molecule has 0 atom stereocenters. The Kier molecular flexibility index (Phi) is 2.68. The smallest absolute Gasteiger partial charge is 0.251 e. The molecule has 0 spiro atoms. The number of fused-ring (bicyclic) bond motifs is 1. The molecule has 0 aliphatic heterocycles. The molecule has 2 aromatic rings. The molecule has 1 aromatic carbocycles. The number of rotatable bonds is 1. The van der Waals surface area contributed by atoms with Gasteiger partial charge in [-0.1, -0.05) is 6.07 Å². The molecule has 1 heterocycles. The number of halogens is 1. The Bertz CT molecular complexity index is 525. The first kappa shape index (κ1) is 10.1. The lowest BCUT2D eigenvalue weighted by atomic mass is 10.1. The van der Waals surface area contributed by atoms with Gasteiger partial charge in [-0.25, -0.2) is 0 Å². The monoisotopic (exact) mass is 264 g/mol. The predicted octanol–water partition coefficient (Wildman–Crippen LogP) is 2.36.